The van der Waals surface area contributed by atoms with E-state index in [9.17, 15) is 13.2 Å². The van der Waals surface area contributed by atoms with Gasteiger partial charge in [-0.25, -0.2) is 12.7 Å². The Kier molecular flexibility index (Phi) is 5.10. The average Bonchev–Trinajstić information content (AvgIpc) is 2.36. The van der Waals surface area contributed by atoms with Crippen molar-refractivity contribution in [3.8, 4) is 0 Å². The lowest BCUT2D eigenvalue weighted by atomic mass is 9.97. The Bertz CT molecular complexity index is 585. The highest BCUT2D eigenvalue weighted by molar-refractivity contribution is 7.89. The molecule has 4 nitrogen and oxygen atoms in total. The number of hydrogen-bond donors (Lipinski definition) is 0. The Balaban J connectivity index is 3.13. The van der Waals surface area contributed by atoms with Crippen molar-refractivity contribution in [3.05, 3.63) is 29.8 Å². The predicted octanol–water partition coefficient (Wildman–Crippen LogP) is 2.95. The second-order valence-corrected chi connectivity index (χ2v) is 8.17. The molecule has 0 aliphatic heterocycles. The van der Waals surface area contributed by atoms with Gasteiger partial charge in [0, 0.05) is 25.6 Å². The van der Waals surface area contributed by atoms with E-state index in [-0.39, 0.29) is 16.1 Å². The van der Waals surface area contributed by atoms with Crippen LogP contribution in [0.5, 0.6) is 0 Å². The molecule has 0 saturated carbocycles. The molecule has 0 aliphatic carbocycles. The van der Waals surface area contributed by atoms with Crippen molar-refractivity contribution in [2.24, 2.45) is 5.41 Å². The minimum Gasteiger partial charge on any atom is -0.294 e. The summed E-state index contributed by atoms with van der Waals surface area (Å²) in [6, 6.07) is 6.25. The molecular formula is C15H23NO3S. The molecule has 112 valence electrons. The molecule has 0 atom stereocenters. The fourth-order valence-electron chi connectivity index (χ4n) is 1.97. The van der Waals surface area contributed by atoms with Crippen molar-refractivity contribution < 1.29 is 13.2 Å². The first-order chi connectivity index (χ1) is 9.08. The van der Waals surface area contributed by atoms with Crippen molar-refractivity contribution >= 4 is 15.8 Å². The zero-order valence-corrected chi connectivity index (χ0v) is 13.6. The Morgan fingerprint density at radius 3 is 2.35 bits per heavy atom. The van der Waals surface area contributed by atoms with Gasteiger partial charge in [0.15, 0.2) is 5.78 Å². The van der Waals surface area contributed by atoms with E-state index in [4.69, 9.17) is 0 Å². The molecule has 1 aromatic rings. The van der Waals surface area contributed by atoms with Crippen LogP contribution in [0.2, 0.25) is 0 Å². The van der Waals surface area contributed by atoms with E-state index in [1.54, 1.807) is 26.1 Å². The quantitative estimate of drug-likeness (QED) is 0.785. The van der Waals surface area contributed by atoms with Crippen molar-refractivity contribution in [2.75, 3.05) is 13.6 Å². The number of hydrogen-bond acceptors (Lipinski definition) is 3. The summed E-state index contributed by atoms with van der Waals surface area (Å²) in [6.07, 6.45) is 0.362. The van der Waals surface area contributed by atoms with E-state index in [1.165, 1.54) is 16.4 Å². The Morgan fingerprint density at radius 1 is 1.25 bits per heavy atom. The molecule has 0 unspecified atom stereocenters. The molecule has 20 heavy (non-hydrogen) atoms. The van der Waals surface area contributed by atoms with Crippen LogP contribution in [-0.2, 0) is 10.0 Å². The van der Waals surface area contributed by atoms with Crippen molar-refractivity contribution in [2.45, 2.75) is 39.0 Å². The Morgan fingerprint density at radius 2 is 1.85 bits per heavy atom. The minimum absolute atomic E-state index is 0.0551. The third-order valence-electron chi connectivity index (χ3n) is 2.88. The molecule has 0 aliphatic rings. The molecule has 5 heteroatoms. The summed E-state index contributed by atoms with van der Waals surface area (Å²) >= 11 is 0. The molecule has 0 spiro atoms. The standard InChI is InChI=1S/C15H23NO3S/c1-6-14(17)12-8-7-9-13(10-12)20(18,19)16(5)11-15(2,3)4/h7-10H,6,11H2,1-5H3. The number of Topliss-reactive ketones (excluding diaryl/α,β-unsaturated/α-hetero) is 1. The van der Waals surface area contributed by atoms with Crippen LogP contribution in [0.3, 0.4) is 0 Å². The normalized spacial score (nSPS) is 12.7. The van der Waals surface area contributed by atoms with Crippen LogP contribution in [-0.4, -0.2) is 32.1 Å². The SMILES string of the molecule is CCC(=O)c1cccc(S(=O)(=O)N(C)CC(C)(C)C)c1. The van der Waals surface area contributed by atoms with Crippen LogP contribution >= 0.6 is 0 Å². The van der Waals surface area contributed by atoms with Crippen molar-refractivity contribution in [1.82, 2.24) is 4.31 Å². The Labute approximate surface area is 121 Å². The number of carbonyl (C=O) groups is 1. The minimum atomic E-state index is -3.56. The molecule has 1 rings (SSSR count). The number of rotatable bonds is 5. The van der Waals surface area contributed by atoms with Crippen LogP contribution < -0.4 is 0 Å². The van der Waals surface area contributed by atoms with Gasteiger partial charge in [0.05, 0.1) is 4.90 Å². The molecule has 1 aromatic carbocycles. The molecule has 0 aromatic heterocycles. The Hall–Kier alpha value is -1.20. The first kappa shape index (κ1) is 16.9. The second-order valence-electron chi connectivity index (χ2n) is 6.13. The molecule has 0 amide bonds. The number of nitrogens with zero attached hydrogens (tertiary/aromatic N) is 1. The average molecular weight is 297 g/mol. The van der Waals surface area contributed by atoms with Gasteiger partial charge < -0.3 is 0 Å². The fraction of sp³-hybridized carbons (Fsp3) is 0.533. The maximum absolute atomic E-state index is 12.5. The first-order valence-corrected chi connectivity index (χ1v) is 8.11. The smallest absolute Gasteiger partial charge is 0.242 e. The van der Waals surface area contributed by atoms with Crippen LogP contribution in [0.4, 0.5) is 0 Å². The molecule has 0 heterocycles. The monoisotopic (exact) mass is 297 g/mol. The van der Waals surface area contributed by atoms with Crippen LogP contribution in [0.25, 0.3) is 0 Å². The zero-order valence-electron chi connectivity index (χ0n) is 12.8. The van der Waals surface area contributed by atoms with Crippen molar-refractivity contribution in [3.63, 3.8) is 0 Å². The molecule has 0 saturated heterocycles. The van der Waals surface area contributed by atoms with Gasteiger partial charge in [0.2, 0.25) is 10.0 Å². The first-order valence-electron chi connectivity index (χ1n) is 6.67. The van der Waals surface area contributed by atoms with Gasteiger partial charge in [-0.2, -0.15) is 0 Å². The zero-order chi connectivity index (χ0) is 15.6. The van der Waals surface area contributed by atoms with Gasteiger partial charge in [-0.3, -0.25) is 4.79 Å². The lowest BCUT2D eigenvalue weighted by Gasteiger charge is -2.26. The lowest BCUT2D eigenvalue weighted by molar-refractivity contribution is 0.0988. The molecule has 0 fully saturated rings. The van der Waals surface area contributed by atoms with Gasteiger partial charge in [0.1, 0.15) is 0 Å². The van der Waals surface area contributed by atoms with E-state index < -0.39 is 10.0 Å². The highest BCUT2D eigenvalue weighted by Gasteiger charge is 2.25. The molecule has 0 radical (unpaired) electrons. The largest absolute Gasteiger partial charge is 0.294 e. The van der Waals surface area contributed by atoms with E-state index >= 15 is 0 Å². The van der Waals surface area contributed by atoms with Crippen LogP contribution in [0.1, 0.15) is 44.5 Å². The fourth-order valence-corrected chi connectivity index (χ4v) is 3.41. The van der Waals surface area contributed by atoms with Crippen LogP contribution in [0.15, 0.2) is 29.2 Å². The number of carbonyl (C=O) groups excluding carboxylic acids is 1. The van der Waals surface area contributed by atoms with Gasteiger partial charge in [-0.1, -0.05) is 39.8 Å². The highest BCUT2D eigenvalue weighted by atomic mass is 32.2. The summed E-state index contributed by atoms with van der Waals surface area (Å²) in [5, 5.41) is 0. The van der Waals surface area contributed by atoms with Gasteiger partial charge in [0.25, 0.3) is 0 Å². The maximum Gasteiger partial charge on any atom is 0.242 e. The summed E-state index contributed by atoms with van der Waals surface area (Å²) in [6.45, 7) is 8.12. The molecule has 0 bridgehead atoms. The number of benzene rings is 1. The van der Waals surface area contributed by atoms with Gasteiger partial charge in [-0.05, 0) is 17.5 Å². The summed E-state index contributed by atoms with van der Waals surface area (Å²) in [7, 11) is -1.99. The predicted molar refractivity (Wildman–Crippen MR) is 80.3 cm³/mol. The maximum atomic E-state index is 12.5. The molecular weight excluding hydrogens is 274 g/mol. The third kappa shape index (κ3) is 4.15. The lowest BCUT2D eigenvalue weighted by Crippen LogP contribution is -2.34. The number of ketones is 1. The summed E-state index contributed by atoms with van der Waals surface area (Å²) in [5.41, 5.74) is 0.316. The van der Waals surface area contributed by atoms with E-state index in [2.05, 4.69) is 0 Å². The van der Waals surface area contributed by atoms with Gasteiger partial charge in [-0.15, -0.1) is 0 Å². The van der Waals surface area contributed by atoms with Crippen LogP contribution in [0, 0.1) is 5.41 Å². The topological polar surface area (TPSA) is 54.5 Å². The van der Waals surface area contributed by atoms with Gasteiger partial charge >= 0.3 is 0 Å². The summed E-state index contributed by atoms with van der Waals surface area (Å²) < 4.78 is 26.3. The summed E-state index contributed by atoms with van der Waals surface area (Å²) in [4.78, 5) is 11.9. The molecule has 0 N–H and O–H groups in total. The van der Waals surface area contributed by atoms with E-state index in [0.29, 0.717) is 18.5 Å². The third-order valence-corrected chi connectivity index (χ3v) is 4.68. The van der Waals surface area contributed by atoms with Crippen molar-refractivity contribution in [1.29, 1.82) is 0 Å². The summed E-state index contributed by atoms with van der Waals surface area (Å²) in [5.74, 6) is -0.0551. The highest BCUT2D eigenvalue weighted by Crippen LogP contribution is 2.21. The van der Waals surface area contributed by atoms with E-state index in [0.717, 1.165) is 0 Å². The van der Waals surface area contributed by atoms with E-state index in [1.807, 2.05) is 20.8 Å². The number of sulfonamides is 1. The second kappa shape index (κ2) is 6.06.